The fourth-order valence-electron chi connectivity index (χ4n) is 2.12. The van der Waals surface area contributed by atoms with Crippen molar-refractivity contribution in [3.8, 4) is 11.1 Å². The van der Waals surface area contributed by atoms with Crippen LogP contribution in [0.25, 0.3) is 11.1 Å². The number of aromatic nitrogens is 2. The summed E-state index contributed by atoms with van der Waals surface area (Å²) >= 11 is 0. The highest BCUT2D eigenvalue weighted by molar-refractivity contribution is 5.66. The standard InChI is InChI=1S/C17H14FN3/c1-12-16(13-6-5-7-14(18)10-13)11-19-17(20-12)21-15-8-3-2-4-9-15/h2-11H,1H3,(H,19,20,21). The number of hydrogen-bond donors (Lipinski definition) is 1. The van der Waals surface area contributed by atoms with Gasteiger partial charge in [0.2, 0.25) is 5.95 Å². The summed E-state index contributed by atoms with van der Waals surface area (Å²) in [4.78, 5) is 8.73. The smallest absolute Gasteiger partial charge is 0.227 e. The second-order valence-electron chi connectivity index (χ2n) is 4.69. The molecule has 104 valence electrons. The zero-order valence-corrected chi connectivity index (χ0v) is 11.5. The zero-order chi connectivity index (χ0) is 14.7. The number of anilines is 2. The van der Waals surface area contributed by atoms with Gasteiger partial charge in [-0.2, -0.15) is 0 Å². The van der Waals surface area contributed by atoms with E-state index >= 15 is 0 Å². The first-order chi connectivity index (χ1) is 10.2. The second kappa shape index (κ2) is 5.71. The molecule has 0 unspecified atom stereocenters. The molecule has 0 aliphatic heterocycles. The Kier molecular flexibility index (Phi) is 3.60. The Morgan fingerprint density at radius 2 is 1.81 bits per heavy atom. The maximum absolute atomic E-state index is 13.3. The van der Waals surface area contributed by atoms with E-state index in [1.54, 1.807) is 12.3 Å². The van der Waals surface area contributed by atoms with Gasteiger partial charge >= 0.3 is 0 Å². The quantitative estimate of drug-likeness (QED) is 0.775. The van der Waals surface area contributed by atoms with Crippen molar-refractivity contribution in [3.63, 3.8) is 0 Å². The fourth-order valence-corrected chi connectivity index (χ4v) is 2.12. The van der Waals surface area contributed by atoms with Crippen LogP contribution in [-0.4, -0.2) is 9.97 Å². The number of nitrogens with zero attached hydrogens (tertiary/aromatic N) is 2. The highest BCUT2D eigenvalue weighted by Crippen LogP contribution is 2.23. The molecular weight excluding hydrogens is 265 g/mol. The molecule has 3 nitrogen and oxygen atoms in total. The predicted molar refractivity (Wildman–Crippen MR) is 81.9 cm³/mol. The predicted octanol–water partition coefficient (Wildman–Crippen LogP) is 4.33. The van der Waals surface area contributed by atoms with Crippen molar-refractivity contribution in [3.05, 3.63) is 72.3 Å². The number of aryl methyl sites for hydroxylation is 1. The van der Waals surface area contributed by atoms with E-state index in [9.17, 15) is 4.39 Å². The molecule has 21 heavy (non-hydrogen) atoms. The molecule has 0 aliphatic rings. The molecule has 0 atom stereocenters. The summed E-state index contributed by atoms with van der Waals surface area (Å²) in [6, 6.07) is 16.1. The molecule has 0 bridgehead atoms. The van der Waals surface area contributed by atoms with Crippen LogP contribution in [0.15, 0.2) is 60.8 Å². The Labute approximate surface area is 122 Å². The molecule has 0 amide bonds. The van der Waals surface area contributed by atoms with Gasteiger partial charge in [0.05, 0.1) is 5.69 Å². The third-order valence-corrected chi connectivity index (χ3v) is 3.14. The van der Waals surface area contributed by atoms with Crippen LogP contribution in [-0.2, 0) is 0 Å². The molecular formula is C17H14FN3. The van der Waals surface area contributed by atoms with Crippen molar-refractivity contribution >= 4 is 11.6 Å². The lowest BCUT2D eigenvalue weighted by Crippen LogP contribution is -1.99. The Bertz CT molecular complexity index is 757. The molecule has 0 saturated carbocycles. The van der Waals surface area contributed by atoms with Gasteiger partial charge in [0.1, 0.15) is 5.82 Å². The first kappa shape index (κ1) is 13.2. The van der Waals surface area contributed by atoms with E-state index in [1.165, 1.54) is 12.1 Å². The average Bonchev–Trinajstić information content (AvgIpc) is 2.48. The molecule has 0 spiro atoms. The molecule has 0 aliphatic carbocycles. The Balaban J connectivity index is 1.90. The number of halogens is 1. The van der Waals surface area contributed by atoms with Gasteiger partial charge in [0.25, 0.3) is 0 Å². The van der Waals surface area contributed by atoms with Crippen molar-refractivity contribution in [2.75, 3.05) is 5.32 Å². The second-order valence-corrected chi connectivity index (χ2v) is 4.69. The van der Waals surface area contributed by atoms with E-state index in [0.717, 1.165) is 22.5 Å². The van der Waals surface area contributed by atoms with Crippen LogP contribution in [0, 0.1) is 12.7 Å². The van der Waals surface area contributed by atoms with Gasteiger partial charge in [-0.3, -0.25) is 0 Å². The number of para-hydroxylation sites is 1. The van der Waals surface area contributed by atoms with Crippen molar-refractivity contribution in [1.29, 1.82) is 0 Å². The summed E-state index contributed by atoms with van der Waals surface area (Å²) in [6.45, 7) is 1.89. The summed E-state index contributed by atoms with van der Waals surface area (Å²) in [5, 5.41) is 3.14. The van der Waals surface area contributed by atoms with E-state index in [0.29, 0.717) is 5.95 Å². The minimum atomic E-state index is -0.265. The van der Waals surface area contributed by atoms with Crippen LogP contribution >= 0.6 is 0 Å². The van der Waals surface area contributed by atoms with E-state index in [-0.39, 0.29) is 5.82 Å². The van der Waals surface area contributed by atoms with E-state index in [1.807, 2.05) is 43.3 Å². The maximum Gasteiger partial charge on any atom is 0.227 e. The molecule has 0 radical (unpaired) electrons. The molecule has 3 rings (SSSR count). The normalized spacial score (nSPS) is 10.4. The largest absolute Gasteiger partial charge is 0.324 e. The highest BCUT2D eigenvalue weighted by Gasteiger charge is 2.07. The minimum Gasteiger partial charge on any atom is -0.324 e. The molecule has 1 aromatic heterocycles. The van der Waals surface area contributed by atoms with Gasteiger partial charge in [0, 0.05) is 17.4 Å². The van der Waals surface area contributed by atoms with Gasteiger partial charge in [-0.1, -0.05) is 30.3 Å². The first-order valence-electron chi connectivity index (χ1n) is 6.64. The molecule has 0 fully saturated rings. The fraction of sp³-hybridized carbons (Fsp3) is 0.0588. The average molecular weight is 279 g/mol. The van der Waals surface area contributed by atoms with Crippen molar-refractivity contribution < 1.29 is 4.39 Å². The van der Waals surface area contributed by atoms with Crippen molar-refractivity contribution in [2.24, 2.45) is 0 Å². The van der Waals surface area contributed by atoms with Crippen LogP contribution in [0.2, 0.25) is 0 Å². The van der Waals surface area contributed by atoms with Crippen LogP contribution in [0.1, 0.15) is 5.69 Å². The van der Waals surface area contributed by atoms with Gasteiger partial charge in [-0.15, -0.1) is 0 Å². The molecule has 2 aromatic carbocycles. The summed E-state index contributed by atoms with van der Waals surface area (Å²) in [6.07, 6.45) is 1.71. The van der Waals surface area contributed by atoms with Crippen LogP contribution < -0.4 is 5.32 Å². The maximum atomic E-state index is 13.3. The van der Waals surface area contributed by atoms with Crippen LogP contribution in [0.3, 0.4) is 0 Å². The van der Waals surface area contributed by atoms with Crippen LogP contribution in [0.4, 0.5) is 16.0 Å². The summed E-state index contributed by atoms with van der Waals surface area (Å²) < 4.78 is 13.3. The number of benzene rings is 2. The summed E-state index contributed by atoms with van der Waals surface area (Å²) in [5.74, 6) is 0.261. The Morgan fingerprint density at radius 1 is 1.00 bits per heavy atom. The topological polar surface area (TPSA) is 37.8 Å². The third kappa shape index (κ3) is 3.05. The van der Waals surface area contributed by atoms with E-state index in [4.69, 9.17) is 0 Å². The lowest BCUT2D eigenvalue weighted by Gasteiger charge is -2.09. The SMILES string of the molecule is Cc1nc(Nc2ccccc2)ncc1-c1cccc(F)c1. The molecule has 1 N–H and O–H groups in total. The molecule has 0 saturated heterocycles. The van der Waals surface area contributed by atoms with Crippen molar-refractivity contribution in [2.45, 2.75) is 6.92 Å². The van der Waals surface area contributed by atoms with Gasteiger partial charge in [0.15, 0.2) is 0 Å². The molecule has 4 heteroatoms. The summed E-state index contributed by atoms with van der Waals surface area (Å²) in [7, 11) is 0. The Morgan fingerprint density at radius 3 is 2.52 bits per heavy atom. The zero-order valence-electron chi connectivity index (χ0n) is 11.5. The lowest BCUT2D eigenvalue weighted by molar-refractivity contribution is 0.628. The number of nitrogens with one attached hydrogen (secondary N) is 1. The number of hydrogen-bond acceptors (Lipinski definition) is 3. The third-order valence-electron chi connectivity index (χ3n) is 3.14. The Hall–Kier alpha value is -2.75. The van der Waals surface area contributed by atoms with E-state index in [2.05, 4.69) is 15.3 Å². The van der Waals surface area contributed by atoms with Gasteiger partial charge < -0.3 is 5.32 Å². The monoisotopic (exact) mass is 279 g/mol. The molecule has 3 aromatic rings. The van der Waals surface area contributed by atoms with Crippen LogP contribution in [0.5, 0.6) is 0 Å². The minimum absolute atomic E-state index is 0.265. The van der Waals surface area contributed by atoms with Gasteiger partial charge in [-0.05, 0) is 36.8 Å². The summed E-state index contributed by atoms with van der Waals surface area (Å²) in [5.41, 5.74) is 3.33. The van der Waals surface area contributed by atoms with Crippen molar-refractivity contribution in [1.82, 2.24) is 9.97 Å². The highest BCUT2D eigenvalue weighted by atomic mass is 19.1. The first-order valence-corrected chi connectivity index (χ1v) is 6.64. The molecule has 1 heterocycles. The number of rotatable bonds is 3. The van der Waals surface area contributed by atoms with E-state index < -0.39 is 0 Å². The van der Waals surface area contributed by atoms with Gasteiger partial charge in [-0.25, -0.2) is 14.4 Å². The lowest BCUT2D eigenvalue weighted by atomic mass is 10.1.